The van der Waals surface area contributed by atoms with E-state index in [1.165, 1.54) is 0 Å². The zero-order valence-electron chi connectivity index (χ0n) is 7.66. The fourth-order valence-electron chi connectivity index (χ4n) is 1.41. The van der Waals surface area contributed by atoms with Crippen molar-refractivity contribution in [3.63, 3.8) is 0 Å². The molecule has 3 nitrogen and oxygen atoms in total. The molecule has 1 rings (SSSR count). The van der Waals surface area contributed by atoms with E-state index in [1.54, 1.807) is 0 Å². The predicted octanol–water partition coefficient (Wildman–Crippen LogP) is 0.807. The molecule has 1 heterocycles. The smallest absolute Gasteiger partial charge is 0.347 e. The van der Waals surface area contributed by atoms with Crippen molar-refractivity contribution in [2.75, 3.05) is 13.1 Å². The molecule has 0 aromatic rings. The largest absolute Gasteiger partial charge is 0.471 e. The Morgan fingerprint density at radius 3 is 2.64 bits per heavy atom. The van der Waals surface area contributed by atoms with Gasteiger partial charge in [0, 0.05) is 12.6 Å². The average Bonchev–Trinajstić information content (AvgIpc) is 2.14. The summed E-state index contributed by atoms with van der Waals surface area (Å²) in [7, 11) is 0. The molecular formula is C8H13F3N2O. The molecule has 0 aliphatic carbocycles. The first-order valence-electron chi connectivity index (χ1n) is 4.58. The monoisotopic (exact) mass is 210 g/mol. The first-order valence-corrected chi connectivity index (χ1v) is 4.58. The maximum Gasteiger partial charge on any atom is 0.471 e. The number of amides is 1. The van der Waals surface area contributed by atoms with Crippen LogP contribution in [0.25, 0.3) is 0 Å². The molecule has 0 bridgehead atoms. The molecule has 0 aromatic carbocycles. The molecule has 0 spiro atoms. The molecular weight excluding hydrogens is 197 g/mol. The van der Waals surface area contributed by atoms with E-state index in [2.05, 4.69) is 5.32 Å². The molecule has 1 saturated heterocycles. The van der Waals surface area contributed by atoms with Crippen LogP contribution in [-0.2, 0) is 4.79 Å². The van der Waals surface area contributed by atoms with Crippen molar-refractivity contribution in [3.05, 3.63) is 0 Å². The minimum atomic E-state index is -4.77. The third-order valence-electron chi connectivity index (χ3n) is 2.18. The van der Waals surface area contributed by atoms with Crippen LogP contribution in [0, 0.1) is 0 Å². The topological polar surface area (TPSA) is 41.1 Å². The number of hydrogen-bond donors (Lipinski definition) is 2. The molecule has 6 heteroatoms. The summed E-state index contributed by atoms with van der Waals surface area (Å²) < 4.78 is 35.3. The Balaban J connectivity index is 2.22. The van der Waals surface area contributed by atoms with Crippen LogP contribution in [0.3, 0.4) is 0 Å². The van der Waals surface area contributed by atoms with E-state index < -0.39 is 12.1 Å². The lowest BCUT2D eigenvalue weighted by Crippen LogP contribution is -2.46. The third kappa shape index (κ3) is 3.53. The van der Waals surface area contributed by atoms with Crippen molar-refractivity contribution in [3.8, 4) is 0 Å². The quantitative estimate of drug-likeness (QED) is 0.708. The van der Waals surface area contributed by atoms with Gasteiger partial charge in [-0.15, -0.1) is 0 Å². The van der Waals surface area contributed by atoms with Crippen molar-refractivity contribution in [1.82, 2.24) is 10.6 Å². The fraction of sp³-hybridized carbons (Fsp3) is 0.875. The van der Waals surface area contributed by atoms with E-state index >= 15 is 0 Å². The molecule has 82 valence electrons. The summed E-state index contributed by atoms with van der Waals surface area (Å²) in [4.78, 5) is 10.4. The lowest BCUT2D eigenvalue weighted by molar-refractivity contribution is -0.173. The van der Waals surface area contributed by atoms with Crippen molar-refractivity contribution in [2.45, 2.75) is 31.5 Å². The molecule has 1 aliphatic heterocycles. The zero-order chi connectivity index (χ0) is 10.6. The van der Waals surface area contributed by atoms with Crippen molar-refractivity contribution in [2.24, 2.45) is 0 Å². The standard InChI is InChI=1S/C8H13F3N2O/c9-8(10,11)7(14)13-5-6-3-1-2-4-12-6/h6,12H,1-5H2,(H,13,14)/t6-/m1/s1. The van der Waals surface area contributed by atoms with Crippen LogP contribution in [0.1, 0.15) is 19.3 Å². The summed E-state index contributed by atoms with van der Waals surface area (Å²) in [5.41, 5.74) is 0. The maximum absolute atomic E-state index is 11.8. The highest BCUT2D eigenvalue weighted by atomic mass is 19.4. The van der Waals surface area contributed by atoms with Gasteiger partial charge in [-0.3, -0.25) is 4.79 Å². The highest BCUT2D eigenvalue weighted by molar-refractivity contribution is 5.81. The molecule has 1 atom stereocenters. The van der Waals surface area contributed by atoms with Gasteiger partial charge in [-0.1, -0.05) is 6.42 Å². The Bertz CT molecular complexity index is 199. The Morgan fingerprint density at radius 2 is 2.14 bits per heavy atom. The van der Waals surface area contributed by atoms with E-state index in [0.29, 0.717) is 0 Å². The summed E-state index contributed by atoms with van der Waals surface area (Å²) >= 11 is 0. The van der Waals surface area contributed by atoms with Crippen LogP contribution in [0.2, 0.25) is 0 Å². The van der Waals surface area contributed by atoms with Crippen LogP contribution < -0.4 is 10.6 Å². The molecule has 0 aromatic heterocycles. The van der Waals surface area contributed by atoms with Crippen LogP contribution in [-0.4, -0.2) is 31.2 Å². The van der Waals surface area contributed by atoms with Gasteiger partial charge in [-0.25, -0.2) is 0 Å². The Kier molecular flexibility index (Phi) is 3.74. The lowest BCUT2D eigenvalue weighted by atomic mass is 10.1. The highest BCUT2D eigenvalue weighted by Crippen LogP contribution is 2.14. The van der Waals surface area contributed by atoms with Crippen LogP contribution in [0.15, 0.2) is 0 Å². The second-order valence-corrected chi connectivity index (χ2v) is 3.35. The Labute approximate surface area is 80.0 Å². The summed E-state index contributed by atoms with van der Waals surface area (Å²) in [6, 6.07) is -0.0185. The SMILES string of the molecule is O=C(NC[C@H]1CCCCN1)C(F)(F)F. The third-order valence-corrected chi connectivity index (χ3v) is 2.18. The molecule has 0 radical (unpaired) electrons. The van der Waals surface area contributed by atoms with Crippen molar-refractivity contribution >= 4 is 5.91 Å². The number of piperidine rings is 1. The van der Waals surface area contributed by atoms with Gasteiger partial charge in [-0.05, 0) is 19.4 Å². The normalized spacial score (nSPS) is 23.2. The number of halogens is 3. The lowest BCUT2D eigenvalue weighted by Gasteiger charge is -2.23. The van der Waals surface area contributed by atoms with Gasteiger partial charge in [-0.2, -0.15) is 13.2 Å². The van der Waals surface area contributed by atoms with E-state index in [1.807, 2.05) is 5.32 Å². The predicted molar refractivity (Wildman–Crippen MR) is 44.7 cm³/mol. The second kappa shape index (κ2) is 4.63. The summed E-state index contributed by atoms with van der Waals surface area (Å²) in [6.07, 6.45) is -1.91. The molecule has 1 aliphatic rings. The number of carbonyl (C=O) groups excluding carboxylic acids is 1. The molecule has 1 amide bonds. The van der Waals surface area contributed by atoms with Gasteiger partial charge in [0.05, 0.1) is 0 Å². The van der Waals surface area contributed by atoms with Crippen LogP contribution in [0.4, 0.5) is 13.2 Å². The van der Waals surface area contributed by atoms with E-state index in [-0.39, 0.29) is 12.6 Å². The molecule has 0 saturated carbocycles. The average molecular weight is 210 g/mol. The van der Waals surface area contributed by atoms with Gasteiger partial charge in [0.25, 0.3) is 0 Å². The number of rotatable bonds is 2. The number of alkyl halides is 3. The Morgan fingerprint density at radius 1 is 1.43 bits per heavy atom. The van der Waals surface area contributed by atoms with Gasteiger partial charge < -0.3 is 10.6 Å². The van der Waals surface area contributed by atoms with E-state index in [9.17, 15) is 18.0 Å². The van der Waals surface area contributed by atoms with E-state index in [0.717, 1.165) is 25.8 Å². The molecule has 14 heavy (non-hydrogen) atoms. The minimum Gasteiger partial charge on any atom is -0.347 e. The van der Waals surface area contributed by atoms with E-state index in [4.69, 9.17) is 0 Å². The number of hydrogen-bond acceptors (Lipinski definition) is 2. The zero-order valence-corrected chi connectivity index (χ0v) is 7.66. The van der Waals surface area contributed by atoms with Crippen LogP contribution in [0.5, 0.6) is 0 Å². The molecule has 1 fully saturated rings. The first kappa shape index (κ1) is 11.3. The van der Waals surface area contributed by atoms with Gasteiger partial charge >= 0.3 is 12.1 Å². The maximum atomic E-state index is 11.8. The number of carbonyl (C=O) groups is 1. The number of nitrogens with one attached hydrogen (secondary N) is 2. The fourth-order valence-corrected chi connectivity index (χ4v) is 1.41. The second-order valence-electron chi connectivity index (χ2n) is 3.35. The van der Waals surface area contributed by atoms with Crippen LogP contribution >= 0.6 is 0 Å². The van der Waals surface area contributed by atoms with Gasteiger partial charge in [0.2, 0.25) is 0 Å². The first-order chi connectivity index (χ1) is 6.50. The van der Waals surface area contributed by atoms with Gasteiger partial charge in [0.1, 0.15) is 0 Å². The van der Waals surface area contributed by atoms with Gasteiger partial charge in [0.15, 0.2) is 0 Å². The Hall–Kier alpha value is -0.780. The summed E-state index contributed by atoms with van der Waals surface area (Å²) in [5, 5.41) is 4.91. The summed E-state index contributed by atoms with van der Waals surface area (Å²) in [6.45, 7) is 0.866. The minimum absolute atomic E-state index is 0.0185. The highest BCUT2D eigenvalue weighted by Gasteiger charge is 2.38. The van der Waals surface area contributed by atoms with Crippen molar-refractivity contribution in [1.29, 1.82) is 0 Å². The van der Waals surface area contributed by atoms with Crippen molar-refractivity contribution < 1.29 is 18.0 Å². The molecule has 0 unspecified atom stereocenters. The summed E-state index contributed by atoms with van der Waals surface area (Å²) in [5.74, 6) is -1.86. The molecule has 2 N–H and O–H groups in total.